The van der Waals surface area contributed by atoms with Gasteiger partial charge in [0.15, 0.2) is 0 Å². The Balaban J connectivity index is 2.50. The molecular weight excluding hydrogens is 210 g/mol. The molecule has 0 saturated carbocycles. The highest BCUT2D eigenvalue weighted by Gasteiger charge is 2.12. The molecule has 2 unspecified atom stereocenters. The van der Waals surface area contributed by atoms with Crippen molar-refractivity contribution in [3.05, 3.63) is 35.9 Å². The van der Waals surface area contributed by atoms with Crippen LogP contribution in [-0.4, -0.2) is 25.8 Å². The molecule has 96 valence electrons. The third kappa shape index (κ3) is 5.85. The minimum Gasteiger partial charge on any atom is -0.382 e. The van der Waals surface area contributed by atoms with Crippen LogP contribution in [0.3, 0.4) is 0 Å². The van der Waals surface area contributed by atoms with E-state index >= 15 is 0 Å². The highest BCUT2D eigenvalue weighted by atomic mass is 16.5. The van der Waals surface area contributed by atoms with Crippen molar-refractivity contribution in [2.75, 3.05) is 13.7 Å². The largest absolute Gasteiger partial charge is 0.382 e. The number of rotatable bonds is 8. The second-order valence-corrected chi connectivity index (χ2v) is 4.62. The summed E-state index contributed by atoms with van der Waals surface area (Å²) in [5, 5.41) is 3.60. The molecule has 0 bridgehead atoms. The molecule has 0 fully saturated rings. The number of ether oxygens (including phenoxy) is 1. The SMILES string of the molecule is CCCNC(Cc1ccccc1)CC(C)OC. The molecule has 1 rings (SSSR count). The van der Waals surface area contributed by atoms with Crippen LogP contribution in [0.25, 0.3) is 0 Å². The normalized spacial score (nSPS) is 14.5. The summed E-state index contributed by atoms with van der Waals surface area (Å²) in [6, 6.07) is 11.2. The summed E-state index contributed by atoms with van der Waals surface area (Å²) in [5.41, 5.74) is 1.39. The molecule has 0 heterocycles. The van der Waals surface area contributed by atoms with Crippen LogP contribution in [0.5, 0.6) is 0 Å². The molecule has 2 nitrogen and oxygen atoms in total. The summed E-state index contributed by atoms with van der Waals surface area (Å²) in [4.78, 5) is 0. The van der Waals surface area contributed by atoms with Gasteiger partial charge in [-0.25, -0.2) is 0 Å². The van der Waals surface area contributed by atoms with Gasteiger partial charge in [-0.1, -0.05) is 37.3 Å². The second kappa shape index (κ2) is 8.26. The van der Waals surface area contributed by atoms with E-state index in [1.54, 1.807) is 7.11 Å². The lowest BCUT2D eigenvalue weighted by molar-refractivity contribution is 0.100. The van der Waals surface area contributed by atoms with Crippen LogP contribution in [0.2, 0.25) is 0 Å². The molecule has 1 aromatic rings. The number of nitrogens with one attached hydrogen (secondary N) is 1. The molecule has 0 aromatic heterocycles. The average Bonchev–Trinajstić information content (AvgIpc) is 2.37. The van der Waals surface area contributed by atoms with Crippen molar-refractivity contribution in [1.82, 2.24) is 5.32 Å². The molecule has 0 aliphatic rings. The van der Waals surface area contributed by atoms with Gasteiger partial charge < -0.3 is 10.1 Å². The maximum Gasteiger partial charge on any atom is 0.0558 e. The molecule has 1 N–H and O–H groups in total. The Bertz CT molecular complexity index is 286. The fourth-order valence-electron chi connectivity index (χ4n) is 1.98. The third-order valence-corrected chi connectivity index (χ3v) is 3.03. The summed E-state index contributed by atoms with van der Waals surface area (Å²) in [7, 11) is 1.78. The van der Waals surface area contributed by atoms with Crippen LogP contribution < -0.4 is 5.32 Å². The summed E-state index contributed by atoms with van der Waals surface area (Å²) in [6.07, 6.45) is 3.63. The number of benzene rings is 1. The van der Waals surface area contributed by atoms with E-state index in [1.807, 2.05) is 0 Å². The van der Waals surface area contributed by atoms with Gasteiger partial charge in [-0.05, 0) is 38.3 Å². The minimum atomic E-state index is 0.313. The van der Waals surface area contributed by atoms with Crippen molar-refractivity contribution in [3.63, 3.8) is 0 Å². The van der Waals surface area contributed by atoms with E-state index in [0.717, 1.165) is 19.4 Å². The van der Waals surface area contributed by atoms with E-state index in [-0.39, 0.29) is 0 Å². The van der Waals surface area contributed by atoms with Crippen molar-refractivity contribution < 1.29 is 4.74 Å². The van der Waals surface area contributed by atoms with Gasteiger partial charge in [0.05, 0.1) is 6.10 Å². The first-order chi connectivity index (χ1) is 8.26. The number of hydrogen-bond donors (Lipinski definition) is 1. The van der Waals surface area contributed by atoms with E-state index in [2.05, 4.69) is 49.5 Å². The Labute approximate surface area is 105 Å². The summed E-state index contributed by atoms with van der Waals surface area (Å²) >= 11 is 0. The van der Waals surface area contributed by atoms with Gasteiger partial charge in [-0.2, -0.15) is 0 Å². The van der Waals surface area contributed by atoms with E-state index in [9.17, 15) is 0 Å². The summed E-state index contributed by atoms with van der Waals surface area (Å²) in [5.74, 6) is 0. The van der Waals surface area contributed by atoms with Crippen LogP contribution >= 0.6 is 0 Å². The predicted molar refractivity (Wildman–Crippen MR) is 73.3 cm³/mol. The van der Waals surface area contributed by atoms with Crippen molar-refractivity contribution >= 4 is 0 Å². The molecule has 0 spiro atoms. The van der Waals surface area contributed by atoms with Gasteiger partial charge in [-0.15, -0.1) is 0 Å². The summed E-state index contributed by atoms with van der Waals surface area (Å²) < 4.78 is 5.36. The maximum absolute atomic E-state index is 5.36. The molecule has 0 saturated heterocycles. The lowest BCUT2D eigenvalue weighted by atomic mass is 10.0. The van der Waals surface area contributed by atoms with Gasteiger partial charge in [0.1, 0.15) is 0 Å². The predicted octanol–water partition coefficient (Wildman–Crippen LogP) is 3.02. The Hall–Kier alpha value is -0.860. The fraction of sp³-hybridized carbons (Fsp3) is 0.600. The van der Waals surface area contributed by atoms with Crippen molar-refractivity contribution in [2.24, 2.45) is 0 Å². The first-order valence-electron chi connectivity index (χ1n) is 6.56. The minimum absolute atomic E-state index is 0.313. The number of hydrogen-bond acceptors (Lipinski definition) is 2. The fourth-order valence-corrected chi connectivity index (χ4v) is 1.98. The highest BCUT2D eigenvalue weighted by molar-refractivity contribution is 5.15. The van der Waals surface area contributed by atoms with Gasteiger partial charge in [0.2, 0.25) is 0 Å². The first kappa shape index (κ1) is 14.2. The molecule has 2 atom stereocenters. The van der Waals surface area contributed by atoms with Gasteiger partial charge >= 0.3 is 0 Å². The van der Waals surface area contributed by atoms with Gasteiger partial charge in [0, 0.05) is 13.2 Å². The molecule has 0 aliphatic heterocycles. The lowest BCUT2D eigenvalue weighted by Crippen LogP contribution is -2.34. The van der Waals surface area contributed by atoms with Crippen LogP contribution in [0.15, 0.2) is 30.3 Å². The van der Waals surface area contributed by atoms with Crippen molar-refractivity contribution in [1.29, 1.82) is 0 Å². The quantitative estimate of drug-likeness (QED) is 0.748. The standard InChI is InChI=1S/C15H25NO/c1-4-10-16-15(11-13(2)17-3)12-14-8-6-5-7-9-14/h5-9,13,15-16H,4,10-12H2,1-3H3. The zero-order chi connectivity index (χ0) is 12.5. The molecule has 0 aliphatic carbocycles. The zero-order valence-electron chi connectivity index (χ0n) is 11.3. The van der Waals surface area contributed by atoms with E-state index in [1.165, 1.54) is 12.0 Å². The average molecular weight is 235 g/mol. The highest BCUT2D eigenvalue weighted by Crippen LogP contribution is 2.09. The van der Waals surface area contributed by atoms with Crippen LogP contribution in [-0.2, 0) is 11.2 Å². The van der Waals surface area contributed by atoms with Crippen LogP contribution in [0.1, 0.15) is 32.3 Å². The molecule has 17 heavy (non-hydrogen) atoms. The van der Waals surface area contributed by atoms with Gasteiger partial charge in [-0.3, -0.25) is 0 Å². The summed E-state index contributed by atoms with van der Waals surface area (Å²) in [6.45, 7) is 5.41. The Morgan fingerprint density at radius 1 is 1.24 bits per heavy atom. The topological polar surface area (TPSA) is 21.3 Å². The Morgan fingerprint density at radius 2 is 1.94 bits per heavy atom. The Kier molecular flexibility index (Phi) is 6.90. The lowest BCUT2D eigenvalue weighted by Gasteiger charge is -2.21. The van der Waals surface area contributed by atoms with Crippen molar-refractivity contribution in [2.45, 2.75) is 45.3 Å². The molecule has 2 heteroatoms. The monoisotopic (exact) mass is 235 g/mol. The van der Waals surface area contributed by atoms with E-state index in [4.69, 9.17) is 4.74 Å². The second-order valence-electron chi connectivity index (χ2n) is 4.62. The molecule has 0 amide bonds. The maximum atomic E-state index is 5.36. The first-order valence-corrected chi connectivity index (χ1v) is 6.56. The third-order valence-electron chi connectivity index (χ3n) is 3.03. The van der Waals surface area contributed by atoms with Crippen molar-refractivity contribution in [3.8, 4) is 0 Å². The van der Waals surface area contributed by atoms with E-state index in [0.29, 0.717) is 12.1 Å². The van der Waals surface area contributed by atoms with Crippen LogP contribution in [0.4, 0.5) is 0 Å². The van der Waals surface area contributed by atoms with Gasteiger partial charge in [0.25, 0.3) is 0 Å². The van der Waals surface area contributed by atoms with Crippen LogP contribution in [0, 0.1) is 0 Å². The molecule has 1 aromatic carbocycles. The molecular formula is C15H25NO. The number of methoxy groups -OCH3 is 1. The molecule has 0 radical (unpaired) electrons. The van der Waals surface area contributed by atoms with E-state index < -0.39 is 0 Å². The smallest absolute Gasteiger partial charge is 0.0558 e. The zero-order valence-corrected chi connectivity index (χ0v) is 11.3. The Morgan fingerprint density at radius 3 is 2.53 bits per heavy atom.